The fourth-order valence-corrected chi connectivity index (χ4v) is 5.80. The molecule has 0 aliphatic heterocycles. The molecule has 138 valence electrons. The van der Waals surface area contributed by atoms with Gasteiger partial charge in [0.25, 0.3) is 11.8 Å². The number of hydrogen-bond donors (Lipinski definition) is 3. The number of amides is 2. The Morgan fingerprint density at radius 2 is 1.08 bits per heavy atom. The number of benzene rings is 1. The van der Waals surface area contributed by atoms with Crippen LogP contribution in [0.15, 0.2) is 24.6 Å². The van der Waals surface area contributed by atoms with Crippen LogP contribution in [0.5, 0.6) is 0 Å². The molecule has 0 radical (unpaired) electrons. The van der Waals surface area contributed by atoms with Crippen molar-refractivity contribution in [3.05, 3.63) is 46.4 Å². The Morgan fingerprint density at radius 1 is 0.769 bits per heavy atom. The molecule has 0 saturated carbocycles. The predicted octanol–water partition coefficient (Wildman–Crippen LogP) is 2.75. The molecule has 0 aromatic heterocycles. The van der Waals surface area contributed by atoms with Gasteiger partial charge in [-0.05, 0) is 67.8 Å². The molecule has 0 bridgehead atoms. The molecule has 26 heavy (non-hydrogen) atoms. The Bertz CT molecular complexity index is 811. The molecule has 0 spiro atoms. The summed E-state index contributed by atoms with van der Waals surface area (Å²) < 4.78 is 1.20. The highest BCUT2D eigenvalue weighted by Gasteiger charge is 2.27. The van der Waals surface area contributed by atoms with E-state index in [2.05, 4.69) is 23.8 Å². The van der Waals surface area contributed by atoms with Gasteiger partial charge in [0.05, 0.1) is 35.3 Å². The topological polar surface area (TPSA) is 118 Å². The van der Waals surface area contributed by atoms with Crippen LogP contribution < -0.4 is 16.4 Å². The van der Waals surface area contributed by atoms with Gasteiger partial charge in [0.15, 0.2) is 11.6 Å². The number of carbonyl (C=O) groups is 4. The van der Waals surface area contributed by atoms with Crippen molar-refractivity contribution in [1.82, 2.24) is 10.6 Å². The number of anilines is 1. The average molecular weight is 693 g/mol. The van der Waals surface area contributed by atoms with Crippen LogP contribution in [-0.2, 0) is 9.59 Å². The molecular weight excluding hydrogens is 679 g/mol. The van der Waals surface area contributed by atoms with Crippen LogP contribution >= 0.6 is 67.8 Å². The number of rotatable bonds is 6. The van der Waals surface area contributed by atoms with Crippen LogP contribution in [0.4, 0.5) is 5.69 Å². The zero-order valence-corrected chi connectivity index (χ0v) is 20.2. The average Bonchev–Trinajstić information content (AvgIpc) is 2.52. The summed E-state index contributed by atoms with van der Waals surface area (Å²) in [7, 11) is 0. The van der Waals surface area contributed by atoms with Gasteiger partial charge in [-0.2, -0.15) is 0 Å². The van der Waals surface area contributed by atoms with Crippen molar-refractivity contribution < 1.29 is 19.2 Å². The maximum Gasteiger partial charge on any atom is 0.258 e. The number of ketones is 2. The summed E-state index contributed by atoms with van der Waals surface area (Å²) in [6.45, 7) is 9.52. The molecule has 0 heterocycles. The van der Waals surface area contributed by atoms with E-state index in [0.29, 0.717) is 10.7 Å². The number of nitrogens with two attached hydrogens (primary N) is 1. The molecule has 7 nitrogen and oxygen atoms in total. The van der Waals surface area contributed by atoms with E-state index in [9.17, 15) is 19.2 Å². The molecular formula is C16H14I3N3O4. The number of halogens is 3. The highest BCUT2D eigenvalue weighted by molar-refractivity contribution is 14.1. The summed E-state index contributed by atoms with van der Waals surface area (Å²) in [5.41, 5.74) is 6.43. The van der Waals surface area contributed by atoms with Crippen molar-refractivity contribution >= 4 is 96.8 Å². The second kappa shape index (κ2) is 9.25. The van der Waals surface area contributed by atoms with Crippen LogP contribution in [0, 0.1) is 10.7 Å². The Balaban J connectivity index is 3.49. The maximum absolute atomic E-state index is 12.6. The van der Waals surface area contributed by atoms with Crippen molar-refractivity contribution in [3.63, 3.8) is 0 Å². The van der Waals surface area contributed by atoms with Gasteiger partial charge < -0.3 is 16.4 Å². The summed E-state index contributed by atoms with van der Waals surface area (Å²) in [6.07, 6.45) is 0. The molecule has 0 unspecified atom stereocenters. The highest BCUT2D eigenvalue weighted by atomic mass is 127. The van der Waals surface area contributed by atoms with Gasteiger partial charge in [-0.25, -0.2) is 0 Å². The summed E-state index contributed by atoms with van der Waals surface area (Å²) >= 11 is 5.65. The second-order valence-corrected chi connectivity index (χ2v) is 8.32. The van der Waals surface area contributed by atoms with Gasteiger partial charge in [0.1, 0.15) is 0 Å². The van der Waals surface area contributed by atoms with E-state index >= 15 is 0 Å². The van der Waals surface area contributed by atoms with Crippen molar-refractivity contribution in [1.29, 1.82) is 0 Å². The van der Waals surface area contributed by atoms with E-state index in [1.165, 1.54) is 13.8 Å². The molecule has 2 amide bonds. The minimum Gasteiger partial charge on any atom is -0.397 e. The normalized spacial score (nSPS) is 10.0. The third kappa shape index (κ3) is 5.03. The zero-order valence-electron chi connectivity index (χ0n) is 13.8. The first-order valence-electron chi connectivity index (χ1n) is 6.88. The fraction of sp³-hybridized carbons (Fsp3) is 0.125. The van der Waals surface area contributed by atoms with Crippen LogP contribution in [0.25, 0.3) is 0 Å². The third-order valence-corrected chi connectivity index (χ3v) is 6.50. The van der Waals surface area contributed by atoms with E-state index in [1.807, 2.05) is 67.8 Å². The van der Waals surface area contributed by atoms with Crippen molar-refractivity contribution in [2.75, 3.05) is 5.73 Å². The first-order valence-corrected chi connectivity index (χ1v) is 10.1. The third-order valence-electron chi connectivity index (χ3n) is 3.18. The van der Waals surface area contributed by atoms with Gasteiger partial charge in [-0.15, -0.1) is 0 Å². The molecule has 0 aliphatic rings. The Kier molecular flexibility index (Phi) is 8.19. The molecule has 0 saturated heterocycles. The summed E-state index contributed by atoms with van der Waals surface area (Å²) in [4.78, 5) is 47.8. The monoisotopic (exact) mass is 693 g/mol. The lowest BCUT2D eigenvalue weighted by Crippen LogP contribution is -2.31. The molecule has 1 rings (SSSR count). The van der Waals surface area contributed by atoms with E-state index in [1.54, 1.807) is 0 Å². The van der Waals surface area contributed by atoms with Gasteiger partial charge in [0.2, 0.25) is 0 Å². The largest absolute Gasteiger partial charge is 0.397 e. The predicted molar refractivity (Wildman–Crippen MR) is 124 cm³/mol. The van der Waals surface area contributed by atoms with E-state index in [-0.39, 0.29) is 28.2 Å². The quantitative estimate of drug-likeness (QED) is 0.241. The van der Waals surface area contributed by atoms with Crippen LogP contribution in [0.3, 0.4) is 0 Å². The van der Waals surface area contributed by atoms with Crippen LogP contribution in [0.2, 0.25) is 0 Å². The molecule has 0 fully saturated rings. The maximum atomic E-state index is 12.6. The van der Waals surface area contributed by atoms with E-state index in [0.717, 1.165) is 0 Å². The van der Waals surface area contributed by atoms with Gasteiger partial charge in [-0.3, -0.25) is 19.2 Å². The number of Topliss-reactive ketones (excluding diaryl/α,β-unsaturated/α-hetero) is 2. The zero-order chi connectivity index (χ0) is 20.3. The van der Waals surface area contributed by atoms with Gasteiger partial charge >= 0.3 is 0 Å². The molecule has 0 atom stereocenters. The van der Waals surface area contributed by atoms with Gasteiger partial charge in [0, 0.05) is 17.4 Å². The fourth-order valence-electron chi connectivity index (χ4n) is 1.66. The lowest BCUT2D eigenvalue weighted by atomic mass is 10.1. The molecule has 1 aromatic carbocycles. The minimum absolute atomic E-state index is 0.0744. The van der Waals surface area contributed by atoms with Gasteiger partial charge in [-0.1, -0.05) is 13.2 Å². The number of nitrogen functional groups attached to an aromatic ring is 1. The Labute approximate surface area is 191 Å². The standard InChI is InChI=1S/C16H14I3N3O4/c1-5(7(3)23)21-15(25)9-11(17)10(13(19)14(20)12(9)18)16(26)22-6(2)8(4)24/h1-2,20H2,3-4H3,(H,21,25)(H,22,26). The van der Waals surface area contributed by atoms with E-state index in [4.69, 9.17) is 5.73 Å². The number of nitrogens with one attached hydrogen (secondary N) is 2. The molecule has 10 heteroatoms. The second-order valence-electron chi connectivity index (χ2n) is 5.08. The van der Waals surface area contributed by atoms with Crippen molar-refractivity contribution in [2.45, 2.75) is 13.8 Å². The van der Waals surface area contributed by atoms with Crippen LogP contribution in [-0.4, -0.2) is 23.4 Å². The Morgan fingerprint density at radius 3 is 1.35 bits per heavy atom. The molecule has 1 aromatic rings. The number of allylic oxidation sites excluding steroid dienone is 2. The molecule has 0 aliphatic carbocycles. The lowest BCUT2D eigenvalue weighted by molar-refractivity contribution is -0.114. The first-order chi connectivity index (χ1) is 11.9. The summed E-state index contributed by atoms with van der Waals surface area (Å²) in [5.74, 6) is -2.00. The molecule has 4 N–H and O–H groups in total. The number of hydrogen-bond acceptors (Lipinski definition) is 5. The summed E-state index contributed by atoms with van der Waals surface area (Å²) in [6, 6.07) is 0. The number of carbonyl (C=O) groups excluding carboxylic acids is 4. The SMILES string of the molecule is C=C(NC(=O)c1c(I)c(N)c(I)c(C(=O)NC(=C)C(C)=O)c1I)C(C)=O. The van der Waals surface area contributed by atoms with E-state index < -0.39 is 23.4 Å². The summed E-state index contributed by atoms with van der Waals surface area (Å²) in [5, 5.41) is 4.79. The van der Waals surface area contributed by atoms with Crippen molar-refractivity contribution in [3.8, 4) is 0 Å². The Hall–Kier alpha value is -1.03. The van der Waals surface area contributed by atoms with Crippen molar-refractivity contribution in [2.24, 2.45) is 0 Å². The first kappa shape index (κ1) is 23.0. The smallest absolute Gasteiger partial charge is 0.258 e. The lowest BCUT2D eigenvalue weighted by Gasteiger charge is -2.17. The van der Waals surface area contributed by atoms with Crippen LogP contribution in [0.1, 0.15) is 34.6 Å². The minimum atomic E-state index is -0.610. The highest BCUT2D eigenvalue weighted by Crippen LogP contribution is 2.34.